The summed E-state index contributed by atoms with van der Waals surface area (Å²) in [6, 6.07) is -1.41. The summed E-state index contributed by atoms with van der Waals surface area (Å²) in [5.41, 5.74) is 0. The van der Waals surface area contributed by atoms with Crippen LogP contribution in [-0.4, -0.2) is 161 Å². The summed E-state index contributed by atoms with van der Waals surface area (Å²) >= 11 is 0. The summed E-state index contributed by atoms with van der Waals surface area (Å²) in [4.78, 5) is 24.3. The lowest BCUT2D eigenvalue weighted by molar-refractivity contribution is -0.338. The zero-order valence-electron chi connectivity index (χ0n) is 47.9. The fourth-order valence-electron chi connectivity index (χ4n) is 10.7. The zero-order valence-corrected chi connectivity index (χ0v) is 48.8. The molecule has 15 atom stereocenters. The number of hydrogen-bond acceptors (Lipinski definition) is 16. The zero-order chi connectivity index (χ0) is 56.7. The van der Waals surface area contributed by atoms with Crippen LogP contribution >= 0.6 is 7.82 Å². The van der Waals surface area contributed by atoms with E-state index >= 15 is 0 Å². The molecule has 2 aliphatic rings. The second kappa shape index (κ2) is 44.7. The Balaban J connectivity index is 1.86. The normalized spacial score (nSPS) is 26.8. The van der Waals surface area contributed by atoms with Crippen molar-refractivity contribution in [2.24, 2.45) is 0 Å². The molecular formula is C58H114NO17P. The SMILES string of the molecule is CCCCCCCCCCCCCCCCCCCCCCCCCC(=O)N[C@@H](COP(=O)(O)O[C@@H]1[C@H](O)[C@H](O)[C@@H](O)[C@H](O)[C@H]1OC1O[C@H](CO)[C@@H](O)[C@H](O)[C@@H]1O)[C@H](O)C(O)CCCCCCCCCCCCCCCC. The predicted molar refractivity (Wildman–Crippen MR) is 299 cm³/mol. The van der Waals surface area contributed by atoms with Crippen LogP contribution in [-0.2, 0) is 27.9 Å². The minimum atomic E-state index is -5.42. The first kappa shape index (κ1) is 72.2. The van der Waals surface area contributed by atoms with E-state index in [2.05, 4.69) is 19.2 Å². The van der Waals surface area contributed by atoms with Crippen LogP contribution in [0.5, 0.6) is 0 Å². The third kappa shape index (κ3) is 31.4. The van der Waals surface area contributed by atoms with Crippen molar-refractivity contribution in [3.63, 3.8) is 0 Å². The number of hydrogen-bond donors (Lipinski definition) is 12. The Kier molecular flexibility index (Phi) is 41.9. The largest absolute Gasteiger partial charge is 0.472 e. The first-order chi connectivity index (χ1) is 37.1. The average molecular weight is 1130 g/mol. The van der Waals surface area contributed by atoms with Crippen molar-refractivity contribution in [3.8, 4) is 0 Å². The van der Waals surface area contributed by atoms with Crippen LogP contribution < -0.4 is 5.32 Å². The molecule has 0 radical (unpaired) electrons. The molecule has 0 aromatic heterocycles. The number of amides is 1. The van der Waals surface area contributed by atoms with Gasteiger partial charge in [-0.25, -0.2) is 4.57 Å². The van der Waals surface area contributed by atoms with E-state index < -0.39 is 113 Å². The molecule has 458 valence electrons. The van der Waals surface area contributed by atoms with E-state index in [0.29, 0.717) is 12.8 Å². The van der Waals surface area contributed by atoms with Gasteiger partial charge in [-0.15, -0.1) is 0 Å². The van der Waals surface area contributed by atoms with E-state index in [1.807, 2.05) is 0 Å². The Morgan fingerprint density at radius 3 is 1.23 bits per heavy atom. The van der Waals surface area contributed by atoms with Gasteiger partial charge in [-0.3, -0.25) is 13.8 Å². The second-order valence-corrected chi connectivity index (χ2v) is 24.1. The second-order valence-electron chi connectivity index (χ2n) is 22.7. The van der Waals surface area contributed by atoms with Crippen LogP contribution in [0.2, 0.25) is 0 Å². The van der Waals surface area contributed by atoms with Gasteiger partial charge in [0.2, 0.25) is 5.91 Å². The van der Waals surface area contributed by atoms with Gasteiger partial charge in [0, 0.05) is 6.42 Å². The Labute approximate surface area is 464 Å². The van der Waals surface area contributed by atoms with Crippen molar-refractivity contribution in [1.29, 1.82) is 0 Å². The number of phosphoric ester groups is 1. The molecule has 3 unspecified atom stereocenters. The first-order valence-corrected chi connectivity index (χ1v) is 32.6. The third-order valence-corrected chi connectivity index (χ3v) is 16.9. The number of carbonyl (C=O) groups is 1. The highest BCUT2D eigenvalue weighted by Gasteiger charge is 2.55. The van der Waals surface area contributed by atoms with E-state index in [0.717, 1.165) is 51.4 Å². The summed E-state index contributed by atoms with van der Waals surface area (Å²) in [6.07, 6.45) is 19.9. The molecule has 1 heterocycles. The van der Waals surface area contributed by atoms with Crippen LogP contribution in [0.25, 0.3) is 0 Å². The van der Waals surface area contributed by atoms with Crippen LogP contribution in [0.1, 0.15) is 264 Å². The molecule has 0 spiro atoms. The number of aliphatic hydroxyl groups excluding tert-OH is 10. The highest BCUT2D eigenvalue weighted by atomic mass is 31.2. The van der Waals surface area contributed by atoms with Crippen LogP contribution in [0.4, 0.5) is 0 Å². The molecule has 0 aromatic rings. The molecule has 1 aliphatic carbocycles. The monoisotopic (exact) mass is 1130 g/mol. The van der Waals surface area contributed by atoms with E-state index in [-0.39, 0.29) is 12.8 Å². The fraction of sp³-hybridized carbons (Fsp3) is 0.983. The van der Waals surface area contributed by atoms with E-state index in [1.54, 1.807) is 0 Å². The number of rotatable bonds is 50. The van der Waals surface area contributed by atoms with Crippen molar-refractivity contribution in [2.45, 2.75) is 350 Å². The van der Waals surface area contributed by atoms with Gasteiger partial charge in [0.25, 0.3) is 0 Å². The van der Waals surface area contributed by atoms with Crippen LogP contribution in [0, 0.1) is 0 Å². The Bertz CT molecular complexity index is 1450. The Morgan fingerprint density at radius 2 is 0.844 bits per heavy atom. The van der Waals surface area contributed by atoms with Gasteiger partial charge in [-0.2, -0.15) is 0 Å². The molecule has 0 bridgehead atoms. The number of unbranched alkanes of at least 4 members (excludes halogenated alkanes) is 35. The standard InChI is InChI=1S/C58H114NO17P/c1-3-5-7-9-11-13-15-17-19-20-21-22-23-24-25-26-27-29-31-33-35-37-39-41-47(62)59-44(48(63)45(61)40-38-36-34-32-30-28-18-16-14-12-10-8-6-4-2)43-73-77(71,72)76-57-54(69)52(67)51(66)53(68)56(57)75-58-55(70)50(65)49(64)46(42-60)74-58/h44-46,48-58,60-61,63-70H,3-43H2,1-2H3,(H,59,62)(H,71,72)/t44-,45?,46+,48-,49+,50-,51+,52+,53-,54+,55-,56+,57+,58?/m0/s1. The first-order valence-electron chi connectivity index (χ1n) is 31.1. The number of aliphatic hydroxyl groups is 10. The number of carbonyl (C=O) groups excluding carboxylic acids is 1. The minimum Gasteiger partial charge on any atom is -0.394 e. The molecule has 2 fully saturated rings. The van der Waals surface area contributed by atoms with Gasteiger partial charge < -0.3 is 70.7 Å². The van der Waals surface area contributed by atoms with E-state index in [4.69, 9.17) is 18.5 Å². The molecule has 18 nitrogen and oxygen atoms in total. The van der Waals surface area contributed by atoms with E-state index in [1.165, 1.54) is 173 Å². The lowest BCUT2D eigenvalue weighted by Gasteiger charge is -2.47. The van der Waals surface area contributed by atoms with Crippen molar-refractivity contribution < 1.29 is 83.8 Å². The van der Waals surface area contributed by atoms with Gasteiger partial charge in [-0.1, -0.05) is 245 Å². The lowest BCUT2D eigenvalue weighted by atomic mass is 9.84. The molecule has 2 rings (SSSR count). The lowest BCUT2D eigenvalue weighted by Crippen LogP contribution is -2.67. The summed E-state index contributed by atoms with van der Waals surface area (Å²) in [5.74, 6) is -0.477. The van der Waals surface area contributed by atoms with Crippen molar-refractivity contribution in [1.82, 2.24) is 5.32 Å². The number of phosphoric acid groups is 1. The van der Waals surface area contributed by atoms with Crippen LogP contribution in [0.15, 0.2) is 0 Å². The highest BCUT2D eigenvalue weighted by molar-refractivity contribution is 7.47. The van der Waals surface area contributed by atoms with Crippen molar-refractivity contribution >= 4 is 13.7 Å². The average Bonchev–Trinajstić information content (AvgIpc) is 3.42. The molecule has 1 saturated heterocycles. The van der Waals surface area contributed by atoms with Crippen LogP contribution in [0.3, 0.4) is 0 Å². The van der Waals surface area contributed by atoms with Gasteiger partial charge in [-0.05, 0) is 12.8 Å². The summed E-state index contributed by atoms with van der Waals surface area (Å²) in [7, 11) is -5.42. The smallest absolute Gasteiger partial charge is 0.394 e. The van der Waals surface area contributed by atoms with E-state index in [9.17, 15) is 65.3 Å². The van der Waals surface area contributed by atoms with Gasteiger partial charge in [0.05, 0.1) is 25.4 Å². The van der Waals surface area contributed by atoms with Gasteiger partial charge in [0.1, 0.15) is 67.1 Å². The Morgan fingerprint density at radius 1 is 0.494 bits per heavy atom. The number of nitrogens with one attached hydrogen (secondary N) is 1. The topological polar surface area (TPSA) is 306 Å². The quantitative estimate of drug-likeness (QED) is 0.0200. The maximum Gasteiger partial charge on any atom is 0.472 e. The molecule has 77 heavy (non-hydrogen) atoms. The summed E-state index contributed by atoms with van der Waals surface area (Å²) in [5, 5.41) is 109. The van der Waals surface area contributed by atoms with Crippen molar-refractivity contribution in [3.05, 3.63) is 0 Å². The van der Waals surface area contributed by atoms with Crippen molar-refractivity contribution in [2.75, 3.05) is 13.2 Å². The molecule has 1 amide bonds. The molecule has 1 aliphatic heterocycles. The van der Waals surface area contributed by atoms with Gasteiger partial charge >= 0.3 is 7.82 Å². The molecular weight excluding hydrogens is 1010 g/mol. The summed E-state index contributed by atoms with van der Waals surface area (Å²) in [6.45, 7) is 2.77. The fourth-order valence-corrected chi connectivity index (χ4v) is 11.7. The maximum absolute atomic E-state index is 13.6. The maximum atomic E-state index is 13.6. The minimum absolute atomic E-state index is 0.0914. The molecule has 1 saturated carbocycles. The number of ether oxygens (including phenoxy) is 2. The summed E-state index contributed by atoms with van der Waals surface area (Å²) < 4.78 is 34.9. The highest BCUT2D eigenvalue weighted by Crippen LogP contribution is 2.48. The Hall–Kier alpha value is -0.900. The molecule has 19 heteroatoms. The molecule has 12 N–H and O–H groups in total. The molecule has 0 aromatic carbocycles. The third-order valence-electron chi connectivity index (χ3n) is 15.9. The van der Waals surface area contributed by atoms with Gasteiger partial charge in [0.15, 0.2) is 6.29 Å². The predicted octanol–water partition coefficient (Wildman–Crippen LogP) is 8.59.